The molecular weight excluding hydrogens is 352 g/mol. The minimum absolute atomic E-state index is 0.249. The van der Waals surface area contributed by atoms with Crippen LogP contribution in [0.4, 0.5) is 0 Å². The Balaban J connectivity index is 2.44. The van der Waals surface area contributed by atoms with E-state index in [2.05, 4.69) is 0 Å². The molecule has 0 saturated heterocycles. The number of benzene rings is 3. The van der Waals surface area contributed by atoms with Crippen LogP contribution in [0.5, 0.6) is 51.7 Å². The second-order valence-electron chi connectivity index (χ2n) is 5.61. The normalized spacial score (nSPS) is 11.7. The molecule has 1 heterocycles. The van der Waals surface area contributed by atoms with Crippen molar-refractivity contribution >= 4 is 32.7 Å². The van der Waals surface area contributed by atoms with Gasteiger partial charge in [-0.1, -0.05) is 0 Å². The summed E-state index contributed by atoms with van der Waals surface area (Å²) in [6.07, 6.45) is 0. The van der Waals surface area contributed by atoms with E-state index < -0.39 is 68.1 Å². The number of aromatic hydroxyl groups is 9. The van der Waals surface area contributed by atoms with Gasteiger partial charge in [-0.05, 0) is 0 Å². The molecule has 10 heteroatoms. The van der Waals surface area contributed by atoms with Crippen molar-refractivity contribution in [1.29, 1.82) is 0 Å². The molecule has 26 heavy (non-hydrogen) atoms. The lowest BCUT2D eigenvalue weighted by molar-refractivity contribution is 0.349. The van der Waals surface area contributed by atoms with Crippen molar-refractivity contribution < 1.29 is 50.4 Å². The average Bonchev–Trinajstić information content (AvgIpc) is 2.98. The standard InChI is InChI=1S/C16H10O10/c17-2-1-3-4(9(19)8(2)18)6-12(22)10(20)5-7(16(6)26-3)13(23)15(25)14(24)11(5)21/h1,17-25H. The second kappa shape index (κ2) is 4.51. The van der Waals surface area contributed by atoms with Gasteiger partial charge in [0.2, 0.25) is 17.2 Å². The zero-order valence-corrected chi connectivity index (χ0v) is 12.5. The Morgan fingerprint density at radius 3 is 1.50 bits per heavy atom. The molecule has 0 atom stereocenters. The monoisotopic (exact) mass is 362 g/mol. The van der Waals surface area contributed by atoms with Crippen LogP contribution in [0.2, 0.25) is 0 Å². The summed E-state index contributed by atoms with van der Waals surface area (Å²) in [7, 11) is 0. The van der Waals surface area contributed by atoms with Gasteiger partial charge in [0, 0.05) is 6.07 Å². The fourth-order valence-electron chi connectivity index (χ4n) is 3.01. The number of hydrogen-bond acceptors (Lipinski definition) is 10. The summed E-state index contributed by atoms with van der Waals surface area (Å²) in [5.41, 5.74) is -0.657. The summed E-state index contributed by atoms with van der Waals surface area (Å²) in [5.74, 6) is -8.72. The molecule has 134 valence electrons. The summed E-state index contributed by atoms with van der Waals surface area (Å²) in [5, 5.41) is 87.6. The van der Waals surface area contributed by atoms with Crippen LogP contribution in [0.15, 0.2) is 10.5 Å². The van der Waals surface area contributed by atoms with Gasteiger partial charge in [0.1, 0.15) is 5.58 Å². The molecule has 0 spiro atoms. The van der Waals surface area contributed by atoms with Crippen molar-refractivity contribution in [3.05, 3.63) is 6.07 Å². The predicted octanol–water partition coefficient (Wildman–Crippen LogP) is 2.09. The van der Waals surface area contributed by atoms with Crippen LogP contribution in [-0.4, -0.2) is 46.0 Å². The number of rotatable bonds is 0. The zero-order valence-electron chi connectivity index (χ0n) is 12.5. The molecule has 0 fully saturated rings. The number of hydrogen-bond donors (Lipinski definition) is 9. The Bertz CT molecular complexity index is 1270. The number of furan rings is 1. The van der Waals surface area contributed by atoms with Gasteiger partial charge in [-0.25, -0.2) is 0 Å². The first-order valence-corrected chi connectivity index (χ1v) is 7.00. The van der Waals surface area contributed by atoms with Crippen molar-refractivity contribution in [3.63, 3.8) is 0 Å². The Hall–Kier alpha value is -4.08. The van der Waals surface area contributed by atoms with E-state index in [-0.39, 0.29) is 16.4 Å². The van der Waals surface area contributed by atoms with Crippen molar-refractivity contribution in [1.82, 2.24) is 0 Å². The third-order valence-corrected chi connectivity index (χ3v) is 4.23. The van der Waals surface area contributed by atoms with E-state index in [1.807, 2.05) is 0 Å². The average molecular weight is 362 g/mol. The smallest absolute Gasteiger partial charge is 0.205 e. The molecule has 0 saturated carbocycles. The van der Waals surface area contributed by atoms with Gasteiger partial charge < -0.3 is 50.4 Å². The van der Waals surface area contributed by atoms with E-state index in [1.165, 1.54) is 0 Å². The fourth-order valence-corrected chi connectivity index (χ4v) is 3.01. The van der Waals surface area contributed by atoms with Crippen molar-refractivity contribution in [2.45, 2.75) is 0 Å². The first-order valence-electron chi connectivity index (χ1n) is 7.00. The Morgan fingerprint density at radius 2 is 0.885 bits per heavy atom. The summed E-state index contributed by atoms with van der Waals surface area (Å²) in [4.78, 5) is 0. The first kappa shape index (κ1) is 15.4. The Morgan fingerprint density at radius 1 is 0.462 bits per heavy atom. The summed E-state index contributed by atoms with van der Waals surface area (Å²) in [6, 6.07) is 0.907. The molecule has 4 rings (SSSR count). The highest BCUT2D eigenvalue weighted by atomic mass is 16.4. The van der Waals surface area contributed by atoms with Crippen LogP contribution in [0, 0.1) is 0 Å². The molecule has 0 unspecified atom stereocenters. The van der Waals surface area contributed by atoms with Crippen LogP contribution in [0.3, 0.4) is 0 Å². The largest absolute Gasteiger partial charge is 0.504 e. The van der Waals surface area contributed by atoms with Gasteiger partial charge in [0.25, 0.3) is 0 Å². The molecule has 0 aliphatic carbocycles. The third-order valence-electron chi connectivity index (χ3n) is 4.23. The zero-order chi connectivity index (χ0) is 19.1. The highest BCUT2D eigenvalue weighted by Crippen LogP contribution is 2.59. The van der Waals surface area contributed by atoms with Crippen LogP contribution in [-0.2, 0) is 0 Å². The van der Waals surface area contributed by atoms with E-state index in [9.17, 15) is 46.0 Å². The molecule has 1 aromatic heterocycles. The maximum atomic E-state index is 10.3. The van der Waals surface area contributed by atoms with E-state index in [1.54, 1.807) is 0 Å². The summed E-state index contributed by atoms with van der Waals surface area (Å²) >= 11 is 0. The maximum Gasteiger partial charge on any atom is 0.205 e. The molecule has 3 aromatic carbocycles. The molecule has 0 bridgehead atoms. The van der Waals surface area contributed by atoms with Gasteiger partial charge >= 0.3 is 0 Å². The third kappa shape index (κ3) is 1.55. The maximum absolute atomic E-state index is 10.3. The van der Waals surface area contributed by atoms with Crippen LogP contribution in [0.1, 0.15) is 0 Å². The van der Waals surface area contributed by atoms with Gasteiger partial charge in [-0.2, -0.15) is 0 Å². The second-order valence-corrected chi connectivity index (χ2v) is 5.61. The lowest BCUT2D eigenvalue weighted by atomic mass is 10.0. The Labute approximate surface area is 141 Å². The van der Waals surface area contributed by atoms with E-state index >= 15 is 0 Å². The highest BCUT2D eigenvalue weighted by molar-refractivity contribution is 6.25. The highest BCUT2D eigenvalue weighted by Gasteiger charge is 2.30. The lowest BCUT2D eigenvalue weighted by Gasteiger charge is -2.12. The Kier molecular flexibility index (Phi) is 2.68. The lowest BCUT2D eigenvalue weighted by Crippen LogP contribution is -1.83. The molecule has 0 aliphatic heterocycles. The first-order chi connectivity index (χ1) is 12.2. The summed E-state index contributed by atoms with van der Waals surface area (Å²) in [6.45, 7) is 0. The minimum atomic E-state index is -1.14. The number of fused-ring (bicyclic) bond motifs is 5. The minimum Gasteiger partial charge on any atom is -0.504 e. The molecule has 0 amide bonds. The van der Waals surface area contributed by atoms with Crippen LogP contribution >= 0.6 is 0 Å². The molecule has 9 N–H and O–H groups in total. The molecule has 10 nitrogen and oxygen atoms in total. The molecule has 4 aromatic rings. The molecule has 0 radical (unpaired) electrons. The molecular formula is C16H10O10. The van der Waals surface area contributed by atoms with E-state index in [4.69, 9.17) is 4.42 Å². The van der Waals surface area contributed by atoms with Gasteiger partial charge in [-0.3, -0.25) is 0 Å². The van der Waals surface area contributed by atoms with Crippen LogP contribution in [0.25, 0.3) is 32.7 Å². The number of phenols is 9. The number of phenolic OH excluding ortho intramolecular Hbond substituents is 9. The van der Waals surface area contributed by atoms with Gasteiger partial charge in [0.15, 0.2) is 40.1 Å². The topological polar surface area (TPSA) is 195 Å². The van der Waals surface area contributed by atoms with Gasteiger partial charge in [0.05, 0.1) is 21.5 Å². The van der Waals surface area contributed by atoms with E-state index in [0.29, 0.717) is 0 Å². The SMILES string of the molecule is Oc1cc2oc3c4c(O)c(O)c(O)c(O)c4c(O)c(O)c3c2c(O)c1O. The van der Waals surface area contributed by atoms with Crippen molar-refractivity contribution in [2.24, 2.45) is 0 Å². The van der Waals surface area contributed by atoms with Crippen molar-refractivity contribution in [3.8, 4) is 51.7 Å². The summed E-state index contributed by atoms with van der Waals surface area (Å²) < 4.78 is 5.38. The quantitative estimate of drug-likeness (QED) is 0.165. The van der Waals surface area contributed by atoms with Crippen molar-refractivity contribution in [2.75, 3.05) is 0 Å². The fraction of sp³-hybridized carbons (Fsp3) is 0. The van der Waals surface area contributed by atoms with Crippen LogP contribution < -0.4 is 0 Å². The van der Waals surface area contributed by atoms with E-state index in [0.717, 1.165) is 6.07 Å². The molecule has 0 aliphatic rings. The van der Waals surface area contributed by atoms with Gasteiger partial charge in [-0.15, -0.1) is 0 Å². The predicted molar refractivity (Wildman–Crippen MR) is 86.2 cm³/mol.